The zero-order valence-corrected chi connectivity index (χ0v) is 20.4. The van der Waals surface area contributed by atoms with Gasteiger partial charge in [-0.1, -0.05) is 0 Å². The van der Waals surface area contributed by atoms with E-state index in [1.165, 1.54) is 23.7 Å². The molecule has 3 aromatic rings. The van der Waals surface area contributed by atoms with E-state index in [1.54, 1.807) is 11.7 Å². The first-order valence-corrected chi connectivity index (χ1v) is 12.6. The second-order valence-corrected chi connectivity index (χ2v) is 9.86. The van der Waals surface area contributed by atoms with Crippen LogP contribution in [-0.4, -0.2) is 46.1 Å². The van der Waals surface area contributed by atoms with Gasteiger partial charge in [0.2, 0.25) is 0 Å². The summed E-state index contributed by atoms with van der Waals surface area (Å²) in [4.78, 5) is 17.1. The largest absolute Gasteiger partial charge is 0.374 e. The molecule has 0 bridgehead atoms. The number of aromatic nitrogens is 3. The number of amides is 1. The molecule has 2 saturated heterocycles. The van der Waals surface area contributed by atoms with Crippen molar-refractivity contribution in [3.8, 4) is 10.6 Å². The van der Waals surface area contributed by atoms with Crippen LogP contribution in [0.2, 0.25) is 0 Å². The third kappa shape index (κ3) is 4.90. The van der Waals surface area contributed by atoms with Crippen molar-refractivity contribution >= 4 is 22.9 Å². The van der Waals surface area contributed by atoms with Gasteiger partial charge in [0, 0.05) is 25.1 Å². The molecule has 192 valence electrons. The van der Waals surface area contributed by atoms with E-state index in [0.29, 0.717) is 42.8 Å². The molecule has 4 atom stereocenters. The first kappa shape index (κ1) is 24.9. The Morgan fingerprint density at radius 3 is 2.69 bits per heavy atom. The lowest BCUT2D eigenvalue weighted by Crippen LogP contribution is -2.32. The average molecular weight is 522 g/mol. The van der Waals surface area contributed by atoms with E-state index in [1.807, 2.05) is 0 Å². The maximum atomic E-state index is 14.9. The molecule has 12 heteroatoms. The molecular weight excluding hydrogens is 495 g/mol. The van der Waals surface area contributed by atoms with Gasteiger partial charge in [-0.3, -0.25) is 9.48 Å². The maximum Gasteiger partial charge on any atom is 0.275 e. The third-order valence-electron chi connectivity index (χ3n) is 6.54. The highest BCUT2D eigenvalue weighted by Crippen LogP contribution is 2.36. The molecule has 2 aliphatic rings. The Bertz CT molecular complexity index is 1220. The van der Waals surface area contributed by atoms with Crippen molar-refractivity contribution in [2.45, 2.75) is 50.1 Å². The predicted octanol–water partition coefficient (Wildman–Crippen LogP) is 4.44. The van der Waals surface area contributed by atoms with Gasteiger partial charge in [-0.15, -0.1) is 11.3 Å². The number of nitrogens with zero attached hydrogens (tertiary/aromatic N) is 3. The number of carbonyl (C=O) groups excluding carboxylic acids is 1. The molecular formula is C24H26F3N5O3S. The van der Waals surface area contributed by atoms with Crippen LogP contribution in [-0.2, 0) is 16.5 Å². The Morgan fingerprint density at radius 2 is 1.97 bits per heavy atom. The van der Waals surface area contributed by atoms with Gasteiger partial charge in [0.05, 0.1) is 35.9 Å². The van der Waals surface area contributed by atoms with Gasteiger partial charge in [-0.05, 0) is 43.4 Å². The van der Waals surface area contributed by atoms with Crippen LogP contribution in [0.4, 0.5) is 18.9 Å². The predicted molar refractivity (Wildman–Crippen MR) is 127 cm³/mol. The summed E-state index contributed by atoms with van der Waals surface area (Å²) in [5.74, 6) is -2.09. The number of anilines is 1. The van der Waals surface area contributed by atoms with Crippen LogP contribution in [0.5, 0.6) is 0 Å². The molecule has 5 rings (SSSR count). The number of halogens is 3. The zero-order valence-electron chi connectivity index (χ0n) is 19.5. The van der Waals surface area contributed by atoms with Crippen molar-refractivity contribution < 1.29 is 27.4 Å². The molecule has 0 radical (unpaired) electrons. The smallest absolute Gasteiger partial charge is 0.275 e. The number of hydrogen-bond donors (Lipinski definition) is 2. The number of aryl methyl sites for hydroxylation is 1. The standard InChI is InChI=1S/C24H26F3N5O3S/c1-32-22(20-5-4-16(28)15(27)10-35-20)17(9-29-32)30-23(33)18-11-36-24(31-18)21-13(25)7-12(8-14(21)26)19-3-2-6-34-19/h7-9,11,15-16,19-20H,2-6,10,28H2,1H3,(H,30,33)/t15-,16-,19-,20+/m1/s1. The van der Waals surface area contributed by atoms with E-state index >= 15 is 0 Å². The minimum atomic E-state index is -1.27. The summed E-state index contributed by atoms with van der Waals surface area (Å²) < 4.78 is 56.5. The van der Waals surface area contributed by atoms with Crippen LogP contribution in [0, 0.1) is 11.6 Å². The van der Waals surface area contributed by atoms with Gasteiger partial charge in [-0.2, -0.15) is 5.10 Å². The van der Waals surface area contributed by atoms with Crippen molar-refractivity contribution in [1.82, 2.24) is 14.8 Å². The fourth-order valence-corrected chi connectivity index (χ4v) is 5.43. The summed E-state index contributed by atoms with van der Waals surface area (Å²) in [6, 6.07) is 1.91. The highest BCUT2D eigenvalue weighted by Gasteiger charge is 2.30. The zero-order chi connectivity index (χ0) is 25.4. The fourth-order valence-electron chi connectivity index (χ4n) is 4.58. The molecule has 2 aliphatic heterocycles. The molecule has 0 spiro atoms. The molecule has 2 fully saturated rings. The highest BCUT2D eigenvalue weighted by molar-refractivity contribution is 7.13. The van der Waals surface area contributed by atoms with Crippen LogP contribution >= 0.6 is 11.3 Å². The first-order valence-electron chi connectivity index (χ1n) is 11.7. The first-order chi connectivity index (χ1) is 17.3. The third-order valence-corrected chi connectivity index (χ3v) is 7.40. The molecule has 4 heterocycles. The normalized spacial score (nSPS) is 24.6. The second-order valence-electron chi connectivity index (χ2n) is 9.00. The number of thiazole rings is 1. The number of nitrogens with one attached hydrogen (secondary N) is 1. The highest BCUT2D eigenvalue weighted by atomic mass is 32.1. The number of rotatable bonds is 5. The Labute approximate surface area is 209 Å². The summed E-state index contributed by atoms with van der Waals surface area (Å²) in [6.07, 6.45) is 1.81. The minimum absolute atomic E-state index is 0.000523. The van der Waals surface area contributed by atoms with E-state index in [4.69, 9.17) is 15.2 Å². The number of ether oxygens (including phenoxy) is 2. The summed E-state index contributed by atoms with van der Waals surface area (Å²) >= 11 is 0.964. The second kappa shape index (κ2) is 10.3. The van der Waals surface area contributed by atoms with Gasteiger partial charge in [0.1, 0.15) is 34.6 Å². The van der Waals surface area contributed by atoms with Gasteiger partial charge >= 0.3 is 0 Å². The SMILES string of the molecule is Cn1ncc(NC(=O)c2csc(-c3c(F)cc([C@H]4CCCO4)cc3F)n2)c1[C@@H]1CC[C@@H](N)[C@H](F)CO1. The van der Waals surface area contributed by atoms with Crippen molar-refractivity contribution in [1.29, 1.82) is 0 Å². The van der Waals surface area contributed by atoms with Gasteiger partial charge in [0.25, 0.3) is 5.91 Å². The molecule has 0 unspecified atom stereocenters. The molecule has 8 nitrogen and oxygen atoms in total. The van der Waals surface area contributed by atoms with E-state index in [-0.39, 0.29) is 29.0 Å². The van der Waals surface area contributed by atoms with E-state index in [0.717, 1.165) is 17.8 Å². The van der Waals surface area contributed by atoms with Crippen molar-refractivity contribution in [3.05, 3.63) is 52.3 Å². The molecule has 0 aliphatic carbocycles. The van der Waals surface area contributed by atoms with E-state index in [2.05, 4.69) is 15.4 Å². The van der Waals surface area contributed by atoms with Gasteiger partial charge in [0.15, 0.2) is 0 Å². The lowest BCUT2D eigenvalue weighted by molar-refractivity contribution is 0.0247. The monoisotopic (exact) mass is 521 g/mol. The molecule has 2 aromatic heterocycles. The summed E-state index contributed by atoms with van der Waals surface area (Å²) in [6.45, 7) is 0.415. The Morgan fingerprint density at radius 1 is 1.19 bits per heavy atom. The van der Waals surface area contributed by atoms with Gasteiger partial charge < -0.3 is 20.5 Å². The van der Waals surface area contributed by atoms with Gasteiger partial charge in [-0.25, -0.2) is 18.2 Å². The summed E-state index contributed by atoms with van der Waals surface area (Å²) in [5, 5.41) is 8.42. The van der Waals surface area contributed by atoms with Crippen LogP contribution in [0.15, 0.2) is 23.7 Å². The Balaban J connectivity index is 1.34. The average Bonchev–Trinajstić information content (AvgIpc) is 3.59. The molecule has 1 aromatic carbocycles. The van der Waals surface area contributed by atoms with Crippen molar-refractivity contribution in [2.75, 3.05) is 18.5 Å². The Kier molecular flexibility index (Phi) is 7.11. The molecule has 1 amide bonds. The molecule has 3 N–H and O–H groups in total. The number of hydrogen-bond acceptors (Lipinski definition) is 7. The Hall–Kier alpha value is -2.80. The number of alkyl halides is 1. The fraction of sp³-hybridized carbons (Fsp3) is 0.458. The number of benzene rings is 1. The van der Waals surface area contributed by atoms with Crippen LogP contribution < -0.4 is 11.1 Å². The molecule has 0 saturated carbocycles. The number of nitrogens with two attached hydrogens (primary N) is 1. The molecule has 36 heavy (non-hydrogen) atoms. The minimum Gasteiger partial charge on any atom is -0.374 e. The van der Waals surface area contributed by atoms with E-state index in [9.17, 15) is 18.0 Å². The van der Waals surface area contributed by atoms with Crippen molar-refractivity contribution in [3.63, 3.8) is 0 Å². The van der Waals surface area contributed by atoms with Crippen molar-refractivity contribution in [2.24, 2.45) is 12.8 Å². The topological polar surface area (TPSA) is 104 Å². The lowest BCUT2D eigenvalue weighted by Gasteiger charge is -2.17. The quantitative estimate of drug-likeness (QED) is 0.515. The lowest BCUT2D eigenvalue weighted by atomic mass is 10.0. The summed E-state index contributed by atoms with van der Waals surface area (Å²) in [7, 11) is 1.69. The van der Waals surface area contributed by atoms with Crippen LogP contribution in [0.3, 0.4) is 0 Å². The maximum absolute atomic E-state index is 14.9. The summed E-state index contributed by atoms with van der Waals surface area (Å²) in [5.41, 5.74) is 6.94. The number of carbonyl (C=O) groups is 1. The van der Waals surface area contributed by atoms with Crippen LogP contribution in [0.25, 0.3) is 10.6 Å². The van der Waals surface area contributed by atoms with E-state index < -0.39 is 35.9 Å². The van der Waals surface area contributed by atoms with Crippen LogP contribution in [0.1, 0.15) is 59.6 Å².